The zero-order valence-corrected chi connectivity index (χ0v) is 11.7. The van der Waals surface area contributed by atoms with Crippen molar-refractivity contribution in [3.63, 3.8) is 0 Å². The van der Waals surface area contributed by atoms with Crippen molar-refractivity contribution < 1.29 is 9.13 Å². The Morgan fingerprint density at radius 1 is 1.37 bits per heavy atom. The van der Waals surface area contributed by atoms with E-state index >= 15 is 0 Å². The molecule has 0 heterocycles. The minimum Gasteiger partial charge on any atom is -0.494 e. The van der Waals surface area contributed by atoms with Crippen LogP contribution < -0.4 is 10.1 Å². The summed E-state index contributed by atoms with van der Waals surface area (Å²) in [6.07, 6.45) is 8.02. The summed E-state index contributed by atoms with van der Waals surface area (Å²) in [6.45, 7) is 0. The number of benzene rings is 1. The minimum atomic E-state index is -0.249. The summed E-state index contributed by atoms with van der Waals surface area (Å²) in [4.78, 5) is 0. The molecule has 0 saturated carbocycles. The van der Waals surface area contributed by atoms with E-state index in [4.69, 9.17) is 4.74 Å². The first-order valence-corrected chi connectivity index (χ1v) is 6.94. The molecule has 1 aromatic rings. The van der Waals surface area contributed by atoms with Crippen molar-refractivity contribution in [3.8, 4) is 5.75 Å². The third-order valence-corrected chi connectivity index (χ3v) is 3.79. The Labute approximate surface area is 114 Å². The second kappa shape index (κ2) is 6.71. The van der Waals surface area contributed by atoms with E-state index in [-0.39, 0.29) is 11.9 Å². The predicted octanol–water partition coefficient (Wildman–Crippen LogP) is 3.99. The Hall–Kier alpha value is -1.35. The van der Waals surface area contributed by atoms with Gasteiger partial charge >= 0.3 is 0 Å². The summed E-state index contributed by atoms with van der Waals surface area (Å²) in [5.41, 5.74) is 2.13. The van der Waals surface area contributed by atoms with E-state index in [1.54, 1.807) is 6.07 Å². The molecule has 0 amide bonds. The zero-order chi connectivity index (χ0) is 13.7. The first-order valence-electron chi connectivity index (χ1n) is 6.94. The molecule has 19 heavy (non-hydrogen) atoms. The normalized spacial score (nSPS) is 16.9. The van der Waals surface area contributed by atoms with Crippen molar-refractivity contribution >= 4 is 0 Å². The molecule has 104 valence electrons. The summed E-state index contributed by atoms with van der Waals surface area (Å²) in [5.74, 6) is 0.0659. The van der Waals surface area contributed by atoms with E-state index in [1.807, 2.05) is 19.2 Å². The van der Waals surface area contributed by atoms with Crippen molar-refractivity contribution in [1.29, 1.82) is 0 Å². The Morgan fingerprint density at radius 2 is 2.21 bits per heavy atom. The monoisotopic (exact) mass is 263 g/mol. The van der Waals surface area contributed by atoms with Gasteiger partial charge in [0.25, 0.3) is 0 Å². The predicted molar refractivity (Wildman–Crippen MR) is 75.9 cm³/mol. The van der Waals surface area contributed by atoms with Gasteiger partial charge in [0.1, 0.15) is 0 Å². The van der Waals surface area contributed by atoms with E-state index in [1.165, 1.54) is 25.5 Å². The number of hydrogen-bond donors (Lipinski definition) is 1. The maximum absolute atomic E-state index is 14.3. The van der Waals surface area contributed by atoms with Crippen LogP contribution in [0.4, 0.5) is 4.39 Å². The molecule has 0 fully saturated rings. The minimum absolute atomic E-state index is 0.0134. The third-order valence-electron chi connectivity index (χ3n) is 3.79. The van der Waals surface area contributed by atoms with Gasteiger partial charge in [0.15, 0.2) is 11.6 Å². The van der Waals surface area contributed by atoms with Crippen molar-refractivity contribution in [1.82, 2.24) is 5.32 Å². The van der Waals surface area contributed by atoms with Crippen LogP contribution in [0.5, 0.6) is 5.75 Å². The van der Waals surface area contributed by atoms with E-state index in [2.05, 4.69) is 11.4 Å². The third kappa shape index (κ3) is 3.35. The SMILES string of the molecule is CNC(CC1=CCCCC1)c1cccc(OC)c1F. The molecular weight excluding hydrogens is 241 g/mol. The largest absolute Gasteiger partial charge is 0.494 e. The summed E-state index contributed by atoms with van der Waals surface area (Å²) >= 11 is 0. The Balaban J connectivity index is 2.19. The Bertz CT molecular complexity index is 456. The Kier molecular flexibility index (Phi) is 4.97. The fourth-order valence-corrected chi connectivity index (χ4v) is 2.67. The molecule has 0 radical (unpaired) electrons. The average molecular weight is 263 g/mol. The van der Waals surface area contributed by atoms with Crippen LogP contribution in [0.2, 0.25) is 0 Å². The van der Waals surface area contributed by atoms with E-state index in [0.29, 0.717) is 11.3 Å². The topological polar surface area (TPSA) is 21.3 Å². The number of rotatable bonds is 5. The molecule has 1 aromatic carbocycles. The van der Waals surface area contributed by atoms with Crippen molar-refractivity contribution in [2.24, 2.45) is 0 Å². The zero-order valence-electron chi connectivity index (χ0n) is 11.7. The number of methoxy groups -OCH3 is 1. The van der Waals surface area contributed by atoms with Crippen LogP contribution >= 0.6 is 0 Å². The highest BCUT2D eigenvalue weighted by atomic mass is 19.1. The second-order valence-electron chi connectivity index (χ2n) is 5.02. The lowest BCUT2D eigenvalue weighted by Gasteiger charge is -2.21. The molecule has 1 aliphatic rings. The van der Waals surface area contributed by atoms with Crippen LogP contribution in [-0.4, -0.2) is 14.2 Å². The number of hydrogen-bond acceptors (Lipinski definition) is 2. The number of ether oxygens (including phenoxy) is 1. The average Bonchev–Trinajstić information content (AvgIpc) is 2.46. The highest BCUT2D eigenvalue weighted by Crippen LogP contribution is 2.31. The van der Waals surface area contributed by atoms with Crippen LogP contribution in [0, 0.1) is 5.82 Å². The first kappa shape index (κ1) is 14.1. The Morgan fingerprint density at radius 3 is 2.84 bits per heavy atom. The van der Waals surface area contributed by atoms with E-state index < -0.39 is 0 Å². The van der Waals surface area contributed by atoms with Gasteiger partial charge in [-0.1, -0.05) is 23.8 Å². The quantitative estimate of drug-likeness (QED) is 0.811. The molecule has 2 nitrogen and oxygen atoms in total. The number of nitrogens with one attached hydrogen (secondary N) is 1. The van der Waals surface area contributed by atoms with Crippen LogP contribution in [0.3, 0.4) is 0 Å². The maximum Gasteiger partial charge on any atom is 0.169 e. The molecule has 1 aliphatic carbocycles. The molecule has 1 unspecified atom stereocenters. The van der Waals surface area contributed by atoms with Gasteiger partial charge in [-0.3, -0.25) is 0 Å². The fraction of sp³-hybridized carbons (Fsp3) is 0.500. The highest BCUT2D eigenvalue weighted by molar-refractivity contribution is 5.33. The molecule has 0 aliphatic heterocycles. The van der Waals surface area contributed by atoms with Crippen LogP contribution in [0.15, 0.2) is 29.8 Å². The number of halogens is 1. The standard InChI is InChI=1S/C16H22FNO/c1-18-14(11-12-7-4-3-5-8-12)13-9-6-10-15(19-2)16(13)17/h6-7,9-10,14,18H,3-5,8,11H2,1-2H3. The van der Waals surface area contributed by atoms with Gasteiger partial charge in [-0.25, -0.2) is 4.39 Å². The lowest BCUT2D eigenvalue weighted by Crippen LogP contribution is -2.19. The molecule has 0 aromatic heterocycles. The molecule has 0 spiro atoms. The van der Waals surface area contributed by atoms with E-state index in [0.717, 1.165) is 19.3 Å². The van der Waals surface area contributed by atoms with Crippen LogP contribution in [0.25, 0.3) is 0 Å². The fourth-order valence-electron chi connectivity index (χ4n) is 2.67. The molecule has 1 atom stereocenters. The van der Waals surface area contributed by atoms with Crippen molar-refractivity contribution in [2.45, 2.75) is 38.1 Å². The smallest absolute Gasteiger partial charge is 0.169 e. The summed E-state index contributed by atoms with van der Waals surface area (Å²) in [5, 5.41) is 3.22. The summed E-state index contributed by atoms with van der Waals surface area (Å²) < 4.78 is 19.3. The molecule has 3 heteroatoms. The van der Waals surface area contributed by atoms with Crippen LogP contribution in [-0.2, 0) is 0 Å². The summed E-state index contributed by atoms with van der Waals surface area (Å²) in [7, 11) is 3.38. The lowest BCUT2D eigenvalue weighted by molar-refractivity contribution is 0.380. The molecule has 1 N–H and O–H groups in total. The van der Waals surface area contributed by atoms with Gasteiger partial charge in [0.05, 0.1) is 7.11 Å². The second-order valence-corrected chi connectivity index (χ2v) is 5.02. The molecule has 0 saturated heterocycles. The van der Waals surface area contributed by atoms with Gasteiger partial charge < -0.3 is 10.1 Å². The number of allylic oxidation sites excluding steroid dienone is 1. The van der Waals surface area contributed by atoms with Gasteiger partial charge in [-0.05, 0) is 45.2 Å². The lowest BCUT2D eigenvalue weighted by atomic mass is 9.91. The van der Waals surface area contributed by atoms with Gasteiger partial charge in [0, 0.05) is 11.6 Å². The van der Waals surface area contributed by atoms with Crippen molar-refractivity contribution in [2.75, 3.05) is 14.2 Å². The molecule has 0 bridgehead atoms. The van der Waals surface area contributed by atoms with Crippen LogP contribution in [0.1, 0.15) is 43.7 Å². The first-order chi connectivity index (χ1) is 9.26. The van der Waals surface area contributed by atoms with E-state index in [9.17, 15) is 4.39 Å². The van der Waals surface area contributed by atoms with Gasteiger partial charge in [-0.2, -0.15) is 0 Å². The summed E-state index contributed by atoms with van der Waals surface area (Å²) in [6, 6.07) is 5.35. The molecule has 2 rings (SSSR count). The van der Waals surface area contributed by atoms with Gasteiger partial charge in [-0.15, -0.1) is 0 Å². The molecular formula is C16H22FNO. The van der Waals surface area contributed by atoms with Gasteiger partial charge in [0.2, 0.25) is 0 Å². The maximum atomic E-state index is 14.3. The highest BCUT2D eigenvalue weighted by Gasteiger charge is 2.18. The van der Waals surface area contributed by atoms with Crippen molar-refractivity contribution in [3.05, 3.63) is 41.2 Å².